The minimum atomic E-state index is -0.352. The fourth-order valence-electron chi connectivity index (χ4n) is 1.76. The van der Waals surface area contributed by atoms with Crippen molar-refractivity contribution in [3.05, 3.63) is 23.8 Å². The summed E-state index contributed by atoms with van der Waals surface area (Å²) in [4.78, 5) is 12.2. The second kappa shape index (κ2) is 5.07. The predicted molar refractivity (Wildman–Crippen MR) is 64.2 cm³/mol. The Hall–Kier alpha value is -2.05. The summed E-state index contributed by atoms with van der Waals surface area (Å²) in [6, 6.07) is -0.352. The Bertz CT molecular complexity index is 528. The van der Waals surface area contributed by atoms with E-state index in [1.165, 1.54) is 17.1 Å². The molecule has 0 saturated heterocycles. The van der Waals surface area contributed by atoms with Gasteiger partial charge in [0, 0.05) is 0 Å². The molecule has 0 aromatic carbocycles. The van der Waals surface area contributed by atoms with E-state index >= 15 is 0 Å². The molecule has 0 unspecified atom stereocenters. The molecule has 96 valence electrons. The van der Waals surface area contributed by atoms with E-state index in [4.69, 9.17) is 0 Å². The molecule has 7 heteroatoms. The van der Waals surface area contributed by atoms with Crippen LogP contribution in [0.4, 0.5) is 4.79 Å². The van der Waals surface area contributed by atoms with Crippen LogP contribution < -0.4 is 0 Å². The average molecular weight is 248 g/mol. The summed E-state index contributed by atoms with van der Waals surface area (Å²) in [5.41, 5.74) is 1.71. The molecule has 2 rings (SSSR count). The number of rotatable bonds is 3. The summed E-state index contributed by atoms with van der Waals surface area (Å²) < 4.78 is 2.46. The molecule has 2 aromatic heterocycles. The third-order valence-corrected chi connectivity index (χ3v) is 2.58. The van der Waals surface area contributed by atoms with Crippen LogP contribution in [-0.4, -0.2) is 36.0 Å². The fraction of sp³-hybridized carbons (Fsp3) is 0.545. The maximum Gasteiger partial charge on any atom is 0.372 e. The number of aryl methyl sites for hydroxylation is 1. The van der Waals surface area contributed by atoms with Gasteiger partial charge in [-0.2, -0.15) is 9.36 Å². The molecular weight excluding hydrogens is 232 g/mol. The molecule has 2 heterocycles. The van der Waals surface area contributed by atoms with Crippen LogP contribution >= 0.6 is 0 Å². The Labute approximate surface area is 105 Å². The van der Waals surface area contributed by atoms with Crippen LogP contribution in [0.25, 0.3) is 0 Å². The van der Waals surface area contributed by atoms with Gasteiger partial charge >= 0.3 is 6.03 Å². The van der Waals surface area contributed by atoms with E-state index in [0.717, 1.165) is 28.9 Å². The molecule has 2 aromatic rings. The van der Waals surface area contributed by atoms with Crippen LogP contribution in [0.2, 0.25) is 0 Å². The Morgan fingerprint density at radius 2 is 2.17 bits per heavy atom. The maximum atomic E-state index is 12.2. The lowest BCUT2D eigenvalue weighted by Crippen LogP contribution is -2.24. The van der Waals surface area contributed by atoms with Crippen molar-refractivity contribution in [3.8, 4) is 0 Å². The second-order valence-corrected chi connectivity index (χ2v) is 4.48. The van der Waals surface area contributed by atoms with Crippen molar-refractivity contribution in [2.45, 2.75) is 33.6 Å². The summed E-state index contributed by atoms with van der Waals surface area (Å²) in [5.74, 6) is 0.427. The van der Waals surface area contributed by atoms with Crippen LogP contribution in [0.15, 0.2) is 12.4 Å². The van der Waals surface area contributed by atoms with E-state index in [1.807, 2.05) is 6.92 Å². The zero-order valence-electron chi connectivity index (χ0n) is 10.7. The molecule has 0 spiro atoms. The van der Waals surface area contributed by atoms with Crippen molar-refractivity contribution in [2.75, 3.05) is 0 Å². The van der Waals surface area contributed by atoms with Crippen molar-refractivity contribution in [3.63, 3.8) is 0 Å². The summed E-state index contributed by atoms with van der Waals surface area (Å²) >= 11 is 0. The monoisotopic (exact) mass is 248 g/mol. The lowest BCUT2D eigenvalue weighted by Gasteiger charge is -2.08. The topological polar surface area (TPSA) is 78.5 Å². The second-order valence-electron chi connectivity index (χ2n) is 4.48. The van der Waals surface area contributed by atoms with Gasteiger partial charge in [0.1, 0.15) is 0 Å². The molecular formula is C11H16N6O. The highest BCUT2D eigenvalue weighted by Crippen LogP contribution is 2.12. The zero-order chi connectivity index (χ0) is 13.1. The SMILES string of the molecule is CCc1nnn(C(=O)n2ccnn2)c1CC(C)C. The average Bonchev–Trinajstić information content (AvgIpc) is 2.96. The van der Waals surface area contributed by atoms with Crippen molar-refractivity contribution in [1.29, 1.82) is 0 Å². The molecule has 0 aliphatic carbocycles. The van der Waals surface area contributed by atoms with Crippen LogP contribution in [0, 0.1) is 5.92 Å². The van der Waals surface area contributed by atoms with Gasteiger partial charge in [-0.05, 0) is 18.8 Å². The van der Waals surface area contributed by atoms with E-state index in [1.54, 1.807) is 0 Å². The lowest BCUT2D eigenvalue weighted by atomic mass is 10.1. The largest absolute Gasteiger partial charge is 0.372 e. The maximum absolute atomic E-state index is 12.2. The van der Waals surface area contributed by atoms with E-state index < -0.39 is 0 Å². The molecule has 0 radical (unpaired) electrons. The van der Waals surface area contributed by atoms with Crippen molar-refractivity contribution in [2.24, 2.45) is 5.92 Å². The highest BCUT2D eigenvalue weighted by atomic mass is 16.2. The van der Waals surface area contributed by atoms with Gasteiger partial charge in [0.2, 0.25) is 0 Å². The number of hydrogen-bond donors (Lipinski definition) is 0. The van der Waals surface area contributed by atoms with E-state index in [2.05, 4.69) is 34.5 Å². The van der Waals surface area contributed by atoms with Crippen molar-refractivity contribution >= 4 is 6.03 Å². The molecule has 0 saturated carbocycles. The first kappa shape index (κ1) is 12.4. The number of aromatic nitrogens is 6. The van der Waals surface area contributed by atoms with Crippen LogP contribution in [0.1, 0.15) is 32.2 Å². The summed E-state index contributed by atoms with van der Waals surface area (Å²) in [6.45, 7) is 6.19. The molecule has 0 aliphatic heterocycles. The normalized spacial score (nSPS) is 11.1. The molecule has 0 atom stereocenters. The van der Waals surface area contributed by atoms with Crippen molar-refractivity contribution in [1.82, 2.24) is 30.0 Å². The summed E-state index contributed by atoms with van der Waals surface area (Å²) in [7, 11) is 0. The third kappa shape index (κ3) is 2.29. The van der Waals surface area contributed by atoms with Gasteiger partial charge in [-0.15, -0.1) is 10.2 Å². The van der Waals surface area contributed by atoms with Gasteiger partial charge < -0.3 is 0 Å². The molecule has 0 fully saturated rings. The standard InChI is InChI=1S/C11H16N6O/c1-4-9-10(7-8(2)3)17(15-13-9)11(18)16-6-5-12-14-16/h5-6,8H,4,7H2,1-3H3. The van der Waals surface area contributed by atoms with Gasteiger partial charge in [-0.1, -0.05) is 31.2 Å². The van der Waals surface area contributed by atoms with E-state index in [9.17, 15) is 4.79 Å². The molecule has 7 nitrogen and oxygen atoms in total. The highest BCUT2D eigenvalue weighted by molar-refractivity contribution is 5.77. The van der Waals surface area contributed by atoms with E-state index in [-0.39, 0.29) is 6.03 Å². The van der Waals surface area contributed by atoms with Crippen molar-refractivity contribution < 1.29 is 4.79 Å². The molecule has 0 N–H and O–H groups in total. The van der Waals surface area contributed by atoms with Crippen LogP contribution in [0.3, 0.4) is 0 Å². The third-order valence-electron chi connectivity index (χ3n) is 2.58. The Morgan fingerprint density at radius 3 is 2.72 bits per heavy atom. The molecule has 0 aliphatic rings. The fourth-order valence-corrected chi connectivity index (χ4v) is 1.76. The van der Waals surface area contributed by atoms with Gasteiger partial charge in [0.05, 0.1) is 23.8 Å². The quantitative estimate of drug-likeness (QED) is 0.814. The first-order valence-corrected chi connectivity index (χ1v) is 5.98. The number of carbonyl (C=O) groups is 1. The molecule has 0 amide bonds. The highest BCUT2D eigenvalue weighted by Gasteiger charge is 2.19. The van der Waals surface area contributed by atoms with Gasteiger partial charge in [0.25, 0.3) is 0 Å². The minimum Gasteiger partial charge on any atom is -0.243 e. The molecule has 0 bridgehead atoms. The molecule has 18 heavy (non-hydrogen) atoms. The minimum absolute atomic E-state index is 0.352. The Morgan fingerprint density at radius 1 is 1.39 bits per heavy atom. The predicted octanol–water partition coefficient (Wildman–Crippen LogP) is 1.15. The first-order chi connectivity index (χ1) is 8.63. The number of nitrogens with zero attached hydrogens (tertiary/aromatic N) is 6. The smallest absolute Gasteiger partial charge is 0.243 e. The Balaban J connectivity index is 2.38. The van der Waals surface area contributed by atoms with Crippen LogP contribution in [0.5, 0.6) is 0 Å². The summed E-state index contributed by atoms with van der Waals surface area (Å²) in [6.07, 6.45) is 4.47. The number of hydrogen-bond acceptors (Lipinski definition) is 5. The first-order valence-electron chi connectivity index (χ1n) is 5.98. The Kier molecular flexibility index (Phi) is 3.50. The van der Waals surface area contributed by atoms with E-state index in [0.29, 0.717) is 5.92 Å². The number of carbonyl (C=O) groups excluding carboxylic acids is 1. The van der Waals surface area contributed by atoms with Gasteiger partial charge in [-0.25, -0.2) is 4.79 Å². The van der Waals surface area contributed by atoms with Gasteiger partial charge in [-0.3, -0.25) is 0 Å². The van der Waals surface area contributed by atoms with Gasteiger partial charge in [0.15, 0.2) is 0 Å². The van der Waals surface area contributed by atoms with Crippen LogP contribution in [-0.2, 0) is 12.8 Å². The lowest BCUT2D eigenvalue weighted by molar-refractivity contribution is 0.236. The summed E-state index contributed by atoms with van der Waals surface area (Å²) in [5, 5.41) is 15.3. The zero-order valence-corrected chi connectivity index (χ0v) is 10.7.